The summed E-state index contributed by atoms with van der Waals surface area (Å²) in [5.74, 6) is -49.3. The Bertz CT molecular complexity index is 1160. The van der Waals surface area contributed by atoms with E-state index >= 15 is 0 Å². The monoisotopic (exact) mass is 678 g/mol. The lowest BCUT2D eigenvalue weighted by atomic mass is 9.91. The number of halogens is 17. The number of hydrogen-bond acceptors (Lipinski definition) is 3. The van der Waals surface area contributed by atoms with Gasteiger partial charge in [-0.05, 0) is 31.9 Å². The minimum Gasteiger partial charge on any atom is -0.743 e. The molecule has 0 radical (unpaired) electrons. The van der Waals surface area contributed by atoms with Gasteiger partial charge in [0.25, 0.3) is 0 Å². The summed E-state index contributed by atoms with van der Waals surface area (Å²) in [6.45, 7) is 2.15. The smallest absolute Gasteiger partial charge is 0.460 e. The Morgan fingerprint density at radius 2 is 0.902 bits per heavy atom. The molecule has 0 amide bonds. The van der Waals surface area contributed by atoms with Crippen LogP contribution in [-0.4, -0.2) is 71.4 Å². The molecule has 2 rings (SSSR count). The minimum atomic E-state index is -8.92. The van der Waals surface area contributed by atoms with Crippen molar-refractivity contribution in [2.45, 2.75) is 71.6 Å². The normalized spacial score (nSPS) is 17.3. The topological polar surface area (TPSA) is 57.2 Å². The zero-order valence-electron chi connectivity index (χ0n) is 19.6. The summed E-state index contributed by atoms with van der Waals surface area (Å²) >= 11 is 0. The van der Waals surface area contributed by atoms with E-state index in [0.717, 1.165) is 0 Å². The minimum absolute atomic E-state index is 0.601. The van der Waals surface area contributed by atoms with E-state index in [0.29, 0.717) is 10.9 Å². The molecule has 1 aliphatic heterocycles. The summed E-state index contributed by atoms with van der Waals surface area (Å²) < 4.78 is 244. The van der Waals surface area contributed by atoms with Gasteiger partial charge in [0, 0.05) is 10.9 Å². The molecule has 0 atom stereocenters. The average Bonchev–Trinajstić information content (AvgIpc) is 3.32. The third-order valence-corrected chi connectivity index (χ3v) is 8.78. The van der Waals surface area contributed by atoms with Crippen LogP contribution in [0.1, 0.15) is 18.4 Å². The van der Waals surface area contributed by atoms with Gasteiger partial charge in [-0.25, -0.2) is 8.42 Å². The Morgan fingerprint density at radius 1 is 0.585 bits per heavy atom. The molecule has 0 aliphatic carbocycles. The van der Waals surface area contributed by atoms with Crippen LogP contribution >= 0.6 is 0 Å². The summed E-state index contributed by atoms with van der Waals surface area (Å²) in [5.41, 5.74) is 1.38. The molecule has 3 nitrogen and oxygen atoms in total. The van der Waals surface area contributed by atoms with Crippen molar-refractivity contribution in [1.29, 1.82) is 0 Å². The molecule has 1 aromatic carbocycles. The maximum atomic E-state index is 13.0. The van der Waals surface area contributed by atoms with Crippen molar-refractivity contribution in [3.63, 3.8) is 0 Å². The Morgan fingerprint density at radius 3 is 1.22 bits per heavy atom. The fourth-order valence-electron chi connectivity index (χ4n) is 2.93. The first-order valence-electron chi connectivity index (χ1n) is 10.3. The highest BCUT2D eigenvalue weighted by molar-refractivity contribution is 7.97. The molecule has 0 unspecified atom stereocenters. The summed E-state index contributed by atoms with van der Waals surface area (Å²) in [6, 6.07) is 9.09. The lowest BCUT2D eigenvalue weighted by molar-refractivity contribution is -0.458. The van der Waals surface area contributed by atoms with Crippen molar-refractivity contribution in [3.8, 4) is 0 Å². The van der Waals surface area contributed by atoms with Crippen LogP contribution in [0.4, 0.5) is 74.6 Å². The van der Waals surface area contributed by atoms with Crippen LogP contribution in [0.25, 0.3) is 0 Å². The maximum absolute atomic E-state index is 13.0. The molecule has 0 aromatic heterocycles. The lowest BCUT2D eigenvalue weighted by Crippen LogP contribution is -2.75. The quantitative estimate of drug-likeness (QED) is 0.165. The highest BCUT2D eigenvalue weighted by Gasteiger charge is 2.95. The van der Waals surface area contributed by atoms with Crippen molar-refractivity contribution >= 4 is 21.0 Å². The second-order valence-corrected chi connectivity index (χ2v) is 12.0. The molecular weight excluding hydrogens is 663 g/mol. The Hall–Kier alpha value is -1.71. The van der Waals surface area contributed by atoms with E-state index in [4.69, 9.17) is 0 Å². The molecule has 240 valence electrons. The second-order valence-electron chi connectivity index (χ2n) is 8.34. The van der Waals surface area contributed by atoms with E-state index < -0.39 is 57.1 Å². The van der Waals surface area contributed by atoms with E-state index in [1.54, 1.807) is 4.90 Å². The van der Waals surface area contributed by atoms with Crippen molar-refractivity contribution in [3.05, 3.63) is 29.8 Å². The zero-order valence-corrected chi connectivity index (χ0v) is 21.2. The van der Waals surface area contributed by atoms with Crippen molar-refractivity contribution < 1.29 is 87.6 Å². The van der Waals surface area contributed by atoms with Gasteiger partial charge in [-0.3, -0.25) is 0 Å². The Balaban J connectivity index is 0.000000570. The van der Waals surface area contributed by atoms with Crippen LogP contribution in [0.3, 0.4) is 0 Å². The summed E-state index contributed by atoms with van der Waals surface area (Å²) in [6.07, 6.45) is -5.01. The SMILES string of the molecule is Cc1ccc([S+]2CCCC2)cc1.O=S(=O)([O-])C(F)(F)C(F)(F)C(F)(F)C(F)(F)C(F)(F)C(F)(F)C(F)(F)C(F)(F)F. The van der Waals surface area contributed by atoms with Crippen molar-refractivity contribution in [2.75, 3.05) is 11.5 Å². The number of rotatable bonds is 8. The molecule has 0 bridgehead atoms. The lowest BCUT2D eigenvalue weighted by Gasteiger charge is -2.42. The fraction of sp³-hybridized carbons (Fsp3) is 0.684. The molecule has 1 heterocycles. The van der Waals surface area contributed by atoms with Crippen LogP contribution in [0.2, 0.25) is 0 Å². The van der Waals surface area contributed by atoms with E-state index in [9.17, 15) is 87.6 Å². The third-order valence-electron chi connectivity index (χ3n) is 5.39. The molecule has 22 heteroatoms. The Labute approximate surface area is 222 Å². The van der Waals surface area contributed by atoms with E-state index in [2.05, 4.69) is 31.2 Å². The molecule has 0 spiro atoms. The highest BCUT2D eigenvalue weighted by atomic mass is 32.2. The Kier molecular flexibility index (Phi) is 10.1. The maximum Gasteiger partial charge on any atom is 0.460 e. The van der Waals surface area contributed by atoms with E-state index in [-0.39, 0.29) is 0 Å². The zero-order chi connectivity index (χ0) is 32.9. The highest BCUT2D eigenvalue weighted by Crippen LogP contribution is 2.64. The summed E-state index contributed by atoms with van der Waals surface area (Å²) in [5, 5.41) is -7.95. The summed E-state index contributed by atoms with van der Waals surface area (Å²) in [7, 11) is -7.54. The first-order valence-corrected chi connectivity index (χ1v) is 13.2. The molecular formula is C19H15F17O3S2. The van der Waals surface area contributed by atoms with Crippen molar-refractivity contribution in [1.82, 2.24) is 0 Å². The van der Waals surface area contributed by atoms with E-state index in [1.807, 2.05) is 0 Å². The van der Waals surface area contributed by atoms with Gasteiger partial charge >= 0.3 is 47.0 Å². The van der Waals surface area contributed by atoms with Crippen molar-refractivity contribution in [2.24, 2.45) is 0 Å². The molecule has 0 N–H and O–H groups in total. The van der Waals surface area contributed by atoms with Gasteiger partial charge in [-0.15, -0.1) is 0 Å². The first kappa shape index (κ1) is 37.3. The predicted molar refractivity (Wildman–Crippen MR) is 106 cm³/mol. The third kappa shape index (κ3) is 6.05. The molecule has 1 saturated heterocycles. The largest absolute Gasteiger partial charge is 0.743 e. The fourth-order valence-corrected chi connectivity index (χ4v) is 5.67. The predicted octanol–water partition coefficient (Wildman–Crippen LogP) is 7.26. The van der Waals surface area contributed by atoms with Gasteiger partial charge < -0.3 is 4.55 Å². The van der Waals surface area contributed by atoms with Gasteiger partial charge in [0.2, 0.25) is 0 Å². The molecule has 41 heavy (non-hydrogen) atoms. The van der Waals surface area contributed by atoms with Crippen LogP contribution in [0.5, 0.6) is 0 Å². The van der Waals surface area contributed by atoms with Gasteiger partial charge in [0.15, 0.2) is 15.0 Å². The molecule has 0 saturated carbocycles. The van der Waals surface area contributed by atoms with Gasteiger partial charge in [0.1, 0.15) is 11.5 Å². The van der Waals surface area contributed by atoms with Gasteiger partial charge in [0.05, 0.1) is 0 Å². The molecule has 1 aromatic rings. The van der Waals surface area contributed by atoms with Crippen LogP contribution in [-0.2, 0) is 21.0 Å². The van der Waals surface area contributed by atoms with Gasteiger partial charge in [-0.1, -0.05) is 17.7 Å². The van der Waals surface area contributed by atoms with Crippen LogP contribution in [0, 0.1) is 6.92 Å². The second kappa shape index (κ2) is 11.1. The summed E-state index contributed by atoms with van der Waals surface area (Å²) in [4.78, 5) is 1.58. The number of alkyl halides is 17. The van der Waals surface area contributed by atoms with Crippen LogP contribution < -0.4 is 0 Å². The average molecular weight is 678 g/mol. The van der Waals surface area contributed by atoms with E-state index in [1.165, 1.54) is 29.9 Å². The first-order chi connectivity index (χ1) is 17.9. The molecule has 1 aliphatic rings. The van der Waals surface area contributed by atoms with Crippen LogP contribution in [0.15, 0.2) is 29.2 Å². The standard InChI is InChI=1S/C11H15S.C8HF17O3S/c1-10-4-6-11(7-5-10)12-8-2-3-9-12;9-1(10,3(13,14)5(17,18)7(21,22)23)2(11,12)4(15,16)6(19,20)8(24,25)29(26,27)28/h4-7H,2-3,8-9H2,1H3;(H,26,27,28)/q+1;/p-1. The van der Waals surface area contributed by atoms with Gasteiger partial charge in [-0.2, -0.15) is 74.6 Å². The number of hydrogen-bond donors (Lipinski definition) is 0. The number of benzene rings is 1. The number of aryl methyl sites for hydroxylation is 1. The molecule has 1 fully saturated rings.